The summed E-state index contributed by atoms with van der Waals surface area (Å²) >= 11 is 0. The number of hydrogen-bond donors (Lipinski definition) is 0. The van der Waals surface area contributed by atoms with Gasteiger partial charge in [0.25, 0.3) is 0 Å². The number of ether oxygens (including phenoxy) is 2. The van der Waals surface area contributed by atoms with Gasteiger partial charge in [0, 0.05) is 6.07 Å². The van der Waals surface area contributed by atoms with E-state index >= 15 is 0 Å². The van der Waals surface area contributed by atoms with Crippen molar-refractivity contribution in [3.63, 3.8) is 0 Å². The summed E-state index contributed by atoms with van der Waals surface area (Å²) in [5.41, 5.74) is 0.183. The first-order valence-electron chi connectivity index (χ1n) is 6.92. The van der Waals surface area contributed by atoms with Gasteiger partial charge >= 0.3 is 0 Å². The van der Waals surface area contributed by atoms with E-state index in [-0.39, 0.29) is 5.41 Å². The highest BCUT2D eigenvalue weighted by molar-refractivity contribution is 5.33. The quantitative estimate of drug-likeness (QED) is 0.784. The van der Waals surface area contributed by atoms with Crippen molar-refractivity contribution >= 4 is 0 Å². The average Bonchev–Trinajstić information content (AvgIpc) is 2.79. The lowest BCUT2D eigenvalue weighted by atomic mass is 9.99. The van der Waals surface area contributed by atoms with Crippen molar-refractivity contribution in [2.45, 2.75) is 52.6 Å². The fourth-order valence-electron chi connectivity index (χ4n) is 2.14. The Labute approximate surface area is 110 Å². The molecule has 2 rings (SSSR count). The summed E-state index contributed by atoms with van der Waals surface area (Å²) < 4.78 is 11.8. The van der Waals surface area contributed by atoms with Crippen LogP contribution in [0.25, 0.3) is 0 Å². The highest BCUT2D eigenvalue weighted by Crippen LogP contribution is 2.27. The van der Waals surface area contributed by atoms with Crippen LogP contribution >= 0.6 is 0 Å². The van der Waals surface area contributed by atoms with Crippen LogP contribution in [0.15, 0.2) is 24.3 Å². The number of benzene rings is 1. The molecule has 0 aliphatic heterocycles. The Hall–Kier alpha value is -1.18. The minimum absolute atomic E-state index is 0.183. The molecule has 1 aliphatic carbocycles. The molecule has 0 radical (unpaired) electrons. The van der Waals surface area contributed by atoms with Gasteiger partial charge in [0.1, 0.15) is 11.5 Å². The summed E-state index contributed by atoms with van der Waals surface area (Å²) in [5, 5.41) is 0. The summed E-state index contributed by atoms with van der Waals surface area (Å²) in [4.78, 5) is 0. The molecule has 0 atom stereocenters. The van der Waals surface area contributed by atoms with E-state index in [2.05, 4.69) is 20.8 Å². The SMILES string of the molecule is CC(C)(C)COc1cccc(OC2CCCC2)c1. The third kappa shape index (κ3) is 4.25. The molecule has 0 N–H and O–H groups in total. The maximum absolute atomic E-state index is 5.97. The molecule has 0 spiro atoms. The Balaban J connectivity index is 1.92. The predicted molar refractivity (Wildman–Crippen MR) is 74.3 cm³/mol. The van der Waals surface area contributed by atoms with Gasteiger partial charge in [-0.25, -0.2) is 0 Å². The van der Waals surface area contributed by atoms with Gasteiger partial charge in [-0.2, -0.15) is 0 Å². The van der Waals surface area contributed by atoms with Crippen molar-refractivity contribution in [3.05, 3.63) is 24.3 Å². The molecule has 2 nitrogen and oxygen atoms in total. The molecule has 1 aromatic rings. The van der Waals surface area contributed by atoms with E-state index in [9.17, 15) is 0 Å². The Kier molecular flexibility index (Phi) is 4.15. The minimum Gasteiger partial charge on any atom is -0.493 e. The lowest BCUT2D eigenvalue weighted by Crippen LogP contribution is -2.17. The van der Waals surface area contributed by atoms with Crippen LogP contribution in [0.2, 0.25) is 0 Å². The second-order valence-electron chi connectivity index (χ2n) is 6.35. The monoisotopic (exact) mass is 248 g/mol. The first kappa shape index (κ1) is 13.3. The Morgan fingerprint density at radius 1 is 1.11 bits per heavy atom. The second-order valence-corrected chi connectivity index (χ2v) is 6.35. The van der Waals surface area contributed by atoms with Crippen LogP contribution in [0, 0.1) is 5.41 Å². The van der Waals surface area contributed by atoms with Crippen LogP contribution in [0.1, 0.15) is 46.5 Å². The van der Waals surface area contributed by atoms with Gasteiger partial charge in [0.15, 0.2) is 0 Å². The Bertz CT molecular complexity index is 373. The molecule has 1 saturated carbocycles. The largest absolute Gasteiger partial charge is 0.493 e. The maximum Gasteiger partial charge on any atom is 0.123 e. The smallest absolute Gasteiger partial charge is 0.123 e. The summed E-state index contributed by atoms with van der Waals surface area (Å²) in [6.07, 6.45) is 5.37. The van der Waals surface area contributed by atoms with E-state index in [1.54, 1.807) is 0 Å². The number of rotatable bonds is 4. The molecular formula is C16H24O2. The van der Waals surface area contributed by atoms with Gasteiger partial charge in [0.05, 0.1) is 12.7 Å². The average molecular weight is 248 g/mol. The summed E-state index contributed by atoms with van der Waals surface area (Å²) in [7, 11) is 0. The van der Waals surface area contributed by atoms with Gasteiger partial charge in [-0.05, 0) is 43.2 Å². The van der Waals surface area contributed by atoms with E-state index in [0.717, 1.165) is 18.1 Å². The van der Waals surface area contributed by atoms with Crippen LogP contribution in [0.4, 0.5) is 0 Å². The molecule has 1 fully saturated rings. The molecule has 0 bridgehead atoms. The van der Waals surface area contributed by atoms with E-state index in [0.29, 0.717) is 6.10 Å². The molecule has 0 aromatic heterocycles. The van der Waals surface area contributed by atoms with Crippen molar-refractivity contribution in [1.29, 1.82) is 0 Å². The molecule has 2 heteroatoms. The van der Waals surface area contributed by atoms with Crippen molar-refractivity contribution in [2.75, 3.05) is 6.61 Å². The summed E-state index contributed by atoms with van der Waals surface area (Å²) in [5.74, 6) is 1.84. The summed E-state index contributed by atoms with van der Waals surface area (Å²) in [6, 6.07) is 8.02. The Morgan fingerprint density at radius 2 is 1.78 bits per heavy atom. The van der Waals surface area contributed by atoms with Gasteiger partial charge in [0.2, 0.25) is 0 Å². The lowest BCUT2D eigenvalue weighted by molar-refractivity contribution is 0.192. The molecular weight excluding hydrogens is 224 g/mol. The molecule has 0 unspecified atom stereocenters. The van der Waals surface area contributed by atoms with Gasteiger partial charge in [-0.3, -0.25) is 0 Å². The normalized spacial score (nSPS) is 16.8. The fourth-order valence-corrected chi connectivity index (χ4v) is 2.14. The van der Waals surface area contributed by atoms with Crippen LogP contribution in [0.3, 0.4) is 0 Å². The lowest BCUT2D eigenvalue weighted by Gasteiger charge is -2.19. The van der Waals surface area contributed by atoms with E-state index < -0.39 is 0 Å². The predicted octanol–water partition coefficient (Wildman–Crippen LogP) is 4.43. The van der Waals surface area contributed by atoms with E-state index in [1.165, 1.54) is 25.7 Å². The van der Waals surface area contributed by atoms with Crippen LogP contribution in [-0.4, -0.2) is 12.7 Å². The molecule has 0 amide bonds. The number of hydrogen-bond acceptors (Lipinski definition) is 2. The van der Waals surface area contributed by atoms with Crippen molar-refractivity contribution in [3.8, 4) is 11.5 Å². The third-order valence-electron chi connectivity index (χ3n) is 3.08. The molecule has 0 heterocycles. The summed E-state index contributed by atoms with van der Waals surface area (Å²) in [6.45, 7) is 7.24. The zero-order valence-corrected chi connectivity index (χ0v) is 11.7. The van der Waals surface area contributed by atoms with Crippen molar-refractivity contribution < 1.29 is 9.47 Å². The van der Waals surface area contributed by atoms with Gasteiger partial charge < -0.3 is 9.47 Å². The van der Waals surface area contributed by atoms with Gasteiger partial charge in [-0.15, -0.1) is 0 Å². The topological polar surface area (TPSA) is 18.5 Å². The molecule has 1 aromatic carbocycles. The fraction of sp³-hybridized carbons (Fsp3) is 0.625. The first-order chi connectivity index (χ1) is 8.53. The standard InChI is InChI=1S/C16H24O2/c1-16(2,3)12-17-14-9-6-10-15(11-14)18-13-7-4-5-8-13/h6,9-11,13H,4-5,7-8,12H2,1-3H3. The zero-order valence-electron chi connectivity index (χ0n) is 11.7. The van der Waals surface area contributed by atoms with Crippen LogP contribution in [0.5, 0.6) is 11.5 Å². The van der Waals surface area contributed by atoms with E-state index in [4.69, 9.17) is 9.47 Å². The van der Waals surface area contributed by atoms with Gasteiger partial charge in [-0.1, -0.05) is 26.8 Å². The molecule has 1 aliphatic rings. The van der Waals surface area contributed by atoms with Crippen LogP contribution in [-0.2, 0) is 0 Å². The third-order valence-corrected chi connectivity index (χ3v) is 3.08. The molecule has 100 valence electrons. The minimum atomic E-state index is 0.183. The Morgan fingerprint density at radius 3 is 2.44 bits per heavy atom. The van der Waals surface area contributed by atoms with Crippen molar-refractivity contribution in [2.24, 2.45) is 5.41 Å². The highest BCUT2D eigenvalue weighted by atomic mass is 16.5. The molecule has 0 saturated heterocycles. The van der Waals surface area contributed by atoms with Crippen molar-refractivity contribution in [1.82, 2.24) is 0 Å². The second kappa shape index (κ2) is 5.64. The highest BCUT2D eigenvalue weighted by Gasteiger charge is 2.17. The molecule has 18 heavy (non-hydrogen) atoms. The maximum atomic E-state index is 5.97. The first-order valence-corrected chi connectivity index (χ1v) is 6.92. The van der Waals surface area contributed by atoms with Crippen LogP contribution < -0.4 is 9.47 Å². The van der Waals surface area contributed by atoms with E-state index in [1.807, 2.05) is 24.3 Å². The zero-order chi connectivity index (χ0) is 13.0.